The van der Waals surface area contributed by atoms with Gasteiger partial charge in [0, 0.05) is 31.9 Å². The molecule has 0 aromatic heterocycles. The van der Waals surface area contributed by atoms with Gasteiger partial charge in [-0.15, -0.1) is 0 Å². The Morgan fingerprint density at radius 2 is 1.49 bits per heavy atom. The number of nitrogens with two attached hydrogens (primary N) is 3. The number of ether oxygens (including phenoxy) is 1. The molecule has 218 valence electrons. The molecule has 0 radical (unpaired) electrons. The van der Waals surface area contributed by atoms with Crippen LogP contribution in [0.25, 0.3) is 0 Å². The van der Waals surface area contributed by atoms with Gasteiger partial charge < -0.3 is 37.5 Å². The second-order valence-electron chi connectivity index (χ2n) is 9.40. The largest absolute Gasteiger partial charge is 0.456 e. The molecule has 0 aliphatic heterocycles. The van der Waals surface area contributed by atoms with E-state index in [9.17, 15) is 14.4 Å². The van der Waals surface area contributed by atoms with Crippen molar-refractivity contribution in [3.8, 4) is 11.5 Å². The van der Waals surface area contributed by atoms with Gasteiger partial charge in [-0.2, -0.15) is 0 Å². The van der Waals surface area contributed by atoms with Crippen molar-refractivity contribution in [2.45, 2.75) is 31.3 Å². The lowest BCUT2D eigenvalue weighted by molar-refractivity contribution is -0.134. The summed E-state index contributed by atoms with van der Waals surface area (Å²) in [5.41, 5.74) is 18.8. The van der Waals surface area contributed by atoms with E-state index in [1.54, 1.807) is 36.4 Å². The van der Waals surface area contributed by atoms with Gasteiger partial charge in [0.15, 0.2) is 0 Å². The van der Waals surface area contributed by atoms with Crippen molar-refractivity contribution in [3.05, 3.63) is 89.4 Å². The van der Waals surface area contributed by atoms with Crippen molar-refractivity contribution in [1.82, 2.24) is 10.2 Å². The molecule has 3 aromatic carbocycles. The maximum absolute atomic E-state index is 13.3. The Morgan fingerprint density at radius 1 is 0.854 bits per heavy atom. The summed E-state index contributed by atoms with van der Waals surface area (Å²) in [6, 6.07) is 21.5. The van der Waals surface area contributed by atoms with Gasteiger partial charge >= 0.3 is 0 Å². The highest BCUT2D eigenvalue weighted by Crippen LogP contribution is 2.29. The Labute approximate surface area is 245 Å². The number of carbonyl (C=O) groups is 3. The molecule has 2 atom stereocenters. The number of para-hydroxylation sites is 1. The van der Waals surface area contributed by atoms with Gasteiger partial charge in [0.05, 0.1) is 17.5 Å². The first kappa shape index (κ1) is 31.6. The van der Waals surface area contributed by atoms with E-state index >= 15 is 0 Å². The van der Waals surface area contributed by atoms with E-state index in [1.165, 1.54) is 4.90 Å². The lowest BCUT2D eigenvalue weighted by atomic mass is 10.0. The van der Waals surface area contributed by atoms with E-state index < -0.39 is 23.9 Å². The number of carbonyl (C=O) groups excluding carboxylic acids is 3. The van der Waals surface area contributed by atoms with E-state index in [4.69, 9.17) is 33.5 Å². The molecule has 0 spiro atoms. The fourth-order valence-electron chi connectivity index (χ4n) is 4.08. The standard InChI is InChI=1S/C30H37ClN6O4/c31-24-8-4-5-9-27(24)41-23-13-11-22(12-14-23)35-30(40)26(15-10-21-6-2-1-3-7-21)36-29(39)25(34)20-28(38)37(18-16-32)19-17-33/h1-9,11-14,25-26H,10,15-20,32-34H2,(H,35,40)(H,36,39). The Kier molecular flexibility index (Phi) is 12.6. The first-order valence-corrected chi connectivity index (χ1v) is 13.8. The van der Waals surface area contributed by atoms with Crippen LogP contribution in [0.3, 0.4) is 0 Å². The number of amides is 3. The van der Waals surface area contributed by atoms with Crippen LogP contribution in [-0.4, -0.2) is 60.9 Å². The smallest absolute Gasteiger partial charge is 0.246 e. The summed E-state index contributed by atoms with van der Waals surface area (Å²) < 4.78 is 5.80. The van der Waals surface area contributed by atoms with Crippen LogP contribution in [0.1, 0.15) is 18.4 Å². The minimum absolute atomic E-state index is 0.230. The van der Waals surface area contributed by atoms with Crippen LogP contribution in [0.4, 0.5) is 5.69 Å². The third kappa shape index (κ3) is 10.2. The lowest BCUT2D eigenvalue weighted by Crippen LogP contribution is -2.52. The first-order chi connectivity index (χ1) is 19.8. The number of hydrogen-bond acceptors (Lipinski definition) is 7. The molecule has 10 nitrogen and oxygen atoms in total. The summed E-state index contributed by atoms with van der Waals surface area (Å²) in [7, 11) is 0. The third-order valence-electron chi connectivity index (χ3n) is 6.27. The van der Waals surface area contributed by atoms with Crippen LogP contribution in [0, 0.1) is 0 Å². The molecular formula is C30H37ClN6O4. The van der Waals surface area contributed by atoms with Gasteiger partial charge in [-0.25, -0.2) is 0 Å². The number of rotatable bonds is 15. The third-order valence-corrected chi connectivity index (χ3v) is 6.58. The SMILES string of the molecule is NCCN(CCN)C(=O)CC(N)C(=O)NC(CCc1ccccc1)C(=O)Nc1ccc(Oc2ccccc2Cl)cc1. The van der Waals surface area contributed by atoms with Gasteiger partial charge in [-0.1, -0.05) is 54.1 Å². The molecule has 0 saturated heterocycles. The van der Waals surface area contributed by atoms with Crippen molar-refractivity contribution in [2.24, 2.45) is 17.2 Å². The van der Waals surface area contributed by atoms with Gasteiger partial charge in [0.1, 0.15) is 17.5 Å². The molecule has 3 aromatic rings. The second kappa shape index (κ2) is 16.3. The summed E-state index contributed by atoms with van der Waals surface area (Å²) in [5, 5.41) is 6.05. The normalized spacial score (nSPS) is 12.2. The summed E-state index contributed by atoms with van der Waals surface area (Å²) >= 11 is 6.16. The molecule has 0 aliphatic carbocycles. The topological polar surface area (TPSA) is 166 Å². The van der Waals surface area contributed by atoms with Crippen molar-refractivity contribution in [2.75, 3.05) is 31.5 Å². The van der Waals surface area contributed by atoms with E-state index in [0.29, 0.717) is 48.1 Å². The van der Waals surface area contributed by atoms with Crippen molar-refractivity contribution in [1.29, 1.82) is 0 Å². The van der Waals surface area contributed by atoms with Gasteiger partial charge in [0.25, 0.3) is 0 Å². The van der Waals surface area contributed by atoms with Crippen LogP contribution in [0.15, 0.2) is 78.9 Å². The van der Waals surface area contributed by atoms with E-state index in [2.05, 4.69) is 10.6 Å². The Morgan fingerprint density at radius 3 is 2.12 bits per heavy atom. The van der Waals surface area contributed by atoms with Gasteiger partial charge in [0.2, 0.25) is 17.7 Å². The predicted molar refractivity (Wildman–Crippen MR) is 161 cm³/mol. The van der Waals surface area contributed by atoms with Crippen molar-refractivity contribution < 1.29 is 19.1 Å². The molecule has 0 saturated carbocycles. The average molecular weight is 581 g/mol. The molecule has 0 bridgehead atoms. The zero-order chi connectivity index (χ0) is 29.6. The fourth-order valence-corrected chi connectivity index (χ4v) is 4.25. The molecule has 0 heterocycles. The molecule has 3 rings (SSSR count). The monoisotopic (exact) mass is 580 g/mol. The lowest BCUT2D eigenvalue weighted by Gasteiger charge is -2.24. The second-order valence-corrected chi connectivity index (χ2v) is 9.81. The Bertz CT molecular complexity index is 1270. The zero-order valence-corrected chi connectivity index (χ0v) is 23.6. The van der Waals surface area contributed by atoms with E-state index in [0.717, 1.165) is 5.56 Å². The Balaban J connectivity index is 1.66. The highest BCUT2D eigenvalue weighted by Gasteiger charge is 2.26. The summed E-state index contributed by atoms with van der Waals surface area (Å²) in [6.07, 6.45) is 0.632. The summed E-state index contributed by atoms with van der Waals surface area (Å²) in [4.78, 5) is 40.4. The molecule has 3 amide bonds. The first-order valence-electron chi connectivity index (χ1n) is 13.4. The highest BCUT2D eigenvalue weighted by molar-refractivity contribution is 6.32. The minimum atomic E-state index is -1.14. The molecule has 8 N–H and O–H groups in total. The molecular weight excluding hydrogens is 544 g/mol. The van der Waals surface area contributed by atoms with Crippen LogP contribution in [-0.2, 0) is 20.8 Å². The van der Waals surface area contributed by atoms with E-state index in [-0.39, 0.29) is 25.4 Å². The highest BCUT2D eigenvalue weighted by atomic mass is 35.5. The summed E-state index contributed by atoms with van der Waals surface area (Å²) in [6.45, 7) is 1.16. The average Bonchev–Trinajstić information content (AvgIpc) is 2.97. The van der Waals surface area contributed by atoms with Crippen LogP contribution in [0.2, 0.25) is 5.02 Å². The number of benzene rings is 3. The summed E-state index contributed by atoms with van der Waals surface area (Å²) in [5.74, 6) is -0.290. The molecule has 0 fully saturated rings. The Hall–Kier alpha value is -3.96. The van der Waals surface area contributed by atoms with Crippen LogP contribution in [0.5, 0.6) is 11.5 Å². The van der Waals surface area contributed by atoms with Gasteiger partial charge in [-0.3, -0.25) is 14.4 Å². The number of hydrogen-bond donors (Lipinski definition) is 5. The number of aryl methyl sites for hydroxylation is 1. The maximum atomic E-state index is 13.3. The predicted octanol–water partition coefficient (Wildman–Crippen LogP) is 2.65. The van der Waals surface area contributed by atoms with E-state index in [1.807, 2.05) is 42.5 Å². The number of anilines is 1. The molecule has 41 heavy (non-hydrogen) atoms. The van der Waals surface area contributed by atoms with Gasteiger partial charge in [-0.05, 0) is 54.8 Å². The van der Waals surface area contributed by atoms with Crippen LogP contribution >= 0.6 is 11.6 Å². The zero-order valence-electron chi connectivity index (χ0n) is 22.8. The number of nitrogens with one attached hydrogen (secondary N) is 2. The minimum Gasteiger partial charge on any atom is -0.456 e. The number of halogens is 1. The quantitative estimate of drug-likeness (QED) is 0.184. The maximum Gasteiger partial charge on any atom is 0.246 e. The fraction of sp³-hybridized carbons (Fsp3) is 0.300. The molecule has 2 unspecified atom stereocenters. The van der Waals surface area contributed by atoms with Crippen molar-refractivity contribution in [3.63, 3.8) is 0 Å². The van der Waals surface area contributed by atoms with Crippen molar-refractivity contribution >= 4 is 35.0 Å². The number of nitrogens with zero attached hydrogens (tertiary/aromatic N) is 1. The molecule has 11 heteroatoms. The van der Waals surface area contributed by atoms with Crippen LogP contribution < -0.4 is 32.6 Å². The molecule has 0 aliphatic rings.